The molecule has 1 heterocycles. The lowest BCUT2D eigenvalue weighted by molar-refractivity contribution is -0.384. The normalized spacial score (nSPS) is 10.6. The minimum Gasteiger partial charge on any atom is -0.485 e. The van der Waals surface area contributed by atoms with Crippen LogP contribution in [0.3, 0.4) is 0 Å². The number of hydrogen-bond donors (Lipinski definition) is 0. The molecule has 0 unspecified atom stereocenters. The maximum atomic E-state index is 12.5. The monoisotopic (exact) mass is 438 g/mol. The van der Waals surface area contributed by atoms with E-state index in [4.69, 9.17) is 4.74 Å². The van der Waals surface area contributed by atoms with Crippen LogP contribution >= 0.6 is 11.8 Å². The number of para-hydroxylation sites is 1. The zero-order valence-corrected chi connectivity index (χ0v) is 18.1. The summed E-state index contributed by atoms with van der Waals surface area (Å²) in [6, 6.07) is 11.6. The third-order valence-electron chi connectivity index (χ3n) is 4.57. The fraction of sp³-hybridized carbons (Fsp3) is 0.227. The van der Waals surface area contributed by atoms with Crippen molar-refractivity contribution in [3.63, 3.8) is 0 Å². The number of hydrogen-bond acceptors (Lipinski definition) is 7. The van der Waals surface area contributed by atoms with Crippen molar-refractivity contribution in [2.45, 2.75) is 32.2 Å². The highest BCUT2D eigenvalue weighted by Crippen LogP contribution is 2.25. The molecule has 0 fully saturated rings. The van der Waals surface area contributed by atoms with Crippen LogP contribution in [0.1, 0.15) is 27.3 Å². The van der Waals surface area contributed by atoms with Gasteiger partial charge in [-0.1, -0.05) is 48.2 Å². The standard InChI is InChI=1S/C22H22N4O4S/c1-4-11-25-20(13-30-21-15(2)7-5-8-16(21)3)23-24-22(25)31-14-19(27)17-9-6-10-18(12-17)26(28)29/h4-10,12H,1,11,13-14H2,2-3H3. The Kier molecular flexibility index (Phi) is 7.19. The first kappa shape index (κ1) is 22.2. The van der Waals surface area contributed by atoms with Crippen molar-refractivity contribution >= 4 is 23.2 Å². The van der Waals surface area contributed by atoms with Crippen molar-refractivity contribution in [3.8, 4) is 5.75 Å². The summed E-state index contributed by atoms with van der Waals surface area (Å²) in [5.74, 6) is 1.28. The number of nitro groups is 1. The minimum atomic E-state index is -0.521. The maximum absolute atomic E-state index is 12.5. The average Bonchev–Trinajstić information content (AvgIpc) is 3.13. The van der Waals surface area contributed by atoms with E-state index in [1.807, 2.05) is 36.6 Å². The van der Waals surface area contributed by atoms with E-state index < -0.39 is 4.92 Å². The van der Waals surface area contributed by atoms with Gasteiger partial charge in [0.25, 0.3) is 5.69 Å². The number of aryl methyl sites for hydroxylation is 2. The van der Waals surface area contributed by atoms with E-state index in [0.717, 1.165) is 16.9 Å². The van der Waals surface area contributed by atoms with E-state index in [0.29, 0.717) is 17.5 Å². The molecule has 0 saturated carbocycles. The largest absolute Gasteiger partial charge is 0.485 e. The molecule has 0 amide bonds. The highest BCUT2D eigenvalue weighted by molar-refractivity contribution is 7.99. The van der Waals surface area contributed by atoms with Crippen molar-refractivity contribution in [3.05, 3.63) is 87.7 Å². The number of aromatic nitrogens is 3. The molecule has 8 nitrogen and oxygen atoms in total. The molecule has 31 heavy (non-hydrogen) atoms. The smallest absolute Gasteiger partial charge is 0.270 e. The molecule has 2 aromatic carbocycles. The van der Waals surface area contributed by atoms with Crippen molar-refractivity contribution in [2.24, 2.45) is 0 Å². The molecule has 0 atom stereocenters. The Morgan fingerprint density at radius 3 is 2.61 bits per heavy atom. The Morgan fingerprint density at radius 1 is 1.23 bits per heavy atom. The molecule has 9 heteroatoms. The Balaban J connectivity index is 1.71. The topological polar surface area (TPSA) is 100 Å². The summed E-state index contributed by atoms with van der Waals surface area (Å²) in [7, 11) is 0. The maximum Gasteiger partial charge on any atom is 0.270 e. The van der Waals surface area contributed by atoms with E-state index in [1.54, 1.807) is 12.1 Å². The molecule has 0 spiro atoms. The number of Topliss-reactive ketones (excluding diaryl/α,β-unsaturated/α-hetero) is 1. The molecule has 0 bridgehead atoms. The van der Waals surface area contributed by atoms with Gasteiger partial charge in [0, 0.05) is 24.2 Å². The van der Waals surface area contributed by atoms with Gasteiger partial charge in [-0.05, 0) is 25.0 Å². The number of ketones is 1. The van der Waals surface area contributed by atoms with E-state index in [-0.39, 0.29) is 29.4 Å². The first-order chi connectivity index (χ1) is 14.9. The van der Waals surface area contributed by atoms with Gasteiger partial charge in [-0.3, -0.25) is 19.5 Å². The number of ether oxygens (including phenoxy) is 1. The van der Waals surface area contributed by atoms with Gasteiger partial charge in [0.2, 0.25) is 0 Å². The van der Waals surface area contributed by atoms with E-state index in [2.05, 4.69) is 16.8 Å². The van der Waals surface area contributed by atoms with Gasteiger partial charge in [0.15, 0.2) is 16.8 Å². The van der Waals surface area contributed by atoms with Crippen molar-refractivity contribution < 1.29 is 14.5 Å². The molecule has 1 aromatic heterocycles. The molecule has 0 saturated heterocycles. The molecular weight excluding hydrogens is 416 g/mol. The van der Waals surface area contributed by atoms with E-state index in [1.165, 1.54) is 30.0 Å². The van der Waals surface area contributed by atoms with Gasteiger partial charge in [-0.25, -0.2) is 0 Å². The van der Waals surface area contributed by atoms with Crippen molar-refractivity contribution in [2.75, 3.05) is 5.75 Å². The lowest BCUT2D eigenvalue weighted by Crippen LogP contribution is -2.09. The quantitative estimate of drug-likeness (QED) is 0.151. The summed E-state index contributed by atoms with van der Waals surface area (Å²) in [4.78, 5) is 22.9. The molecule has 0 radical (unpaired) electrons. The van der Waals surface area contributed by atoms with Crippen LogP contribution in [-0.4, -0.2) is 31.2 Å². The molecule has 0 aliphatic carbocycles. The van der Waals surface area contributed by atoms with Gasteiger partial charge >= 0.3 is 0 Å². The Bertz CT molecular complexity index is 1110. The summed E-state index contributed by atoms with van der Waals surface area (Å²) in [6.07, 6.45) is 1.72. The molecule has 3 rings (SSSR count). The van der Waals surface area contributed by atoms with Gasteiger partial charge < -0.3 is 4.74 Å². The van der Waals surface area contributed by atoms with Crippen molar-refractivity contribution in [1.82, 2.24) is 14.8 Å². The van der Waals surface area contributed by atoms with Crippen LogP contribution in [0.25, 0.3) is 0 Å². The second-order valence-electron chi connectivity index (χ2n) is 6.83. The Hall–Kier alpha value is -3.46. The summed E-state index contributed by atoms with van der Waals surface area (Å²) >= 11 is 1.22. The van der Waals surface area contributed by atoms with Crippen LogP contribution in [0.5, 0.6) is 5.75 Å². The van der Waals surface area contributed by atoms with E-state index in [9.17, 15) is 14.9 Å². The second-order valence-corrected chi connectivity index (χ2v) is 7.77. The number of benzene rings is 2. The highest BCUT2D eigenvalue weighted by Gasteiger charge is 2.17. The molecule has 0 N–H and O–H groups in total. The molecule has 160 valence electrons. The zero-order valence-electron chi connectivity index (χ0n) is 17.3. The average molecular weight is 439 g/mol. The number of nitrogens with zero attached hydrogens (tertiary/aromatic N) is 4. The summed E-state index contributed by atoms with van der Waals surface area (Å²) in [6.45, 7) is 8.44. The van der Waals surface area contributed by atoms with Gasteiger partial charge in [0.05, 0.1) is 10.7 Å². The van der Waals surface area contributed by atoms with E-state index >= 15 is 0 Å². The number of thioether (sulfide) groups is 1. The third-order valence-corrected chi connectivity index (χ3v) is 5.54. The van der Waals surface area contributed by atoms with Crippen LogP contribution in [0, 0.1) is 24.0 Å². The van der Waals surface area contributed by atoms with Gasteiger partial charge in [-0.2, -0.15) is 0 Å². The van der Waals surface area contributed by atoms with Crippen molar-refractivity contribution in [1.29, 1.82) is 0 Å². The summed E-state index contributed by atoms with van der Waals surface area (Å²) < 4.78 is 7.83. The van der Waals surface area contributed by atoms with Gasteiger partial charge in [0.1, 0.15) is 12.4 Å². The highest BCUT2D eigenvalue weighted by atomic mass is 32.2. The van der Waals surface area contributed by atoms with Crippen LogP contribution in [0.15, 0.2) is 60.3 Å². The third kappa shape index (κ3) is 5.37. The molecule has 0 aliphatic heterocycles. The second kappa shape index (κ2) is 10.0. The molecule has 3 aromatic rings. The Morgan fingerprint density at radius 2 is 1.94 bits per heavy atom. The fourth-order valence-corrected chi connectivity index (χ4v) is 3.88. The Labute approximate surface area is 184 Å². The van der Waals surface area contributed by atoms with Crippen LogP contribution in [0.4, 0.5) is 5.69 Å². The zero-order chi connectivity index (χ0) is 22.4. The van der Waals surface area contributed by atoms with Gasteiger partial charge in [-0.15, -0.1) is 16.8 Å². The van der Waals surface area contributed by atoms with Crippen LogP contribution in [-0.2, 0) is 13.2 Å². The fourth-order valence-electron chi connectivity index (χ4n) is 3.01. The number of carbonyl (C=O) groups is 1. The number of nitro benzene ring substituents is 1. The molecule has 0 aliphatic rings. The predicted octanol–water partition coefficient (Wildman–Crippen LogP) is 4.54. The number of carbonyl (C=O) groups excluding carboxylic acids is 1. The first-order valence-corrected chi connectivity index (χ1v) is 10.5. The lowest BCUT2D eigenvalue weighted by Gasteiger charge is -2.12. The summed E-state index contributed by atoms with van der Waals surface area (Å²) in [5, 5.41) is 19.9. The number of allylic oxidation sites excluding steroid dienone is 1. The van der Waals surface area contributed by atoms with Crippen LogP contribution < -0.4 is 4.74 Å². The number of non-ortho nitro benzene ring substituents is 1. The minimum absolute atomic E-state index is 0.0776. The molecular formula is C22H22N4O4S. The van der Waals surface area contributed by atoms with Crippen LogP contribution in [0.2, 0.25) is 0 Å². The number of rotatable bonds is 10. The first-order valence-electron chi connectivity index (χ1n) is 9.53. The SMILES string of the molecule is C=CCn1c(COc2c(C)cccc2C)nnc1SCC(=O)c1cccc([N+](=O)[O-])c1. The lowest BCUT2D eigenvalue weighted by atomic mass is 10.1. The summed E-state index contributed by atoms with van der Waals surface area (Å²) in [5.41, 5.74) is 2.24. The predicted molar refractivity (Wildman–Crippen MR) is 119 cm³/mol.